The van der Waals surface area contributed by atoms with E-state index in [-0.39, 0.29) is 11.1 Å². The molecule has 102 valence electrons. The van der Waals surface area contributed by atoms with Crippen molar-refractivity contribution in [3.05, 3.63) is 23.5 Å². The van der Waals surface area contributed by atoms with Crippen LogP contribution in [-0.4, -0.2) is 22.0 Å². The Hall–Kier alpha value is -1.62. The van der Waals surface area contributed by atoms with E-state index in [0.29, 0.717) is 18.5 Å². The fraction of sp³-hybridized carbons (Fsp3) is 0.462. The second kappa shape index (κ2) is 6.02. The van der Waals surface area contributed by atoms with Crippen LogP contribution in [0.5, 0.6) is 0 Å². The molecule has 0 unspecified atom stereocenters. The van der Waals surface area contributed by atoms with Gasteiger partial charge in [-0.25, -0.2) is 4.98 Å². The van der Waals surface area contributed by atoms with Gasteiger partial charge in [0.2, 0.25) is 5.91 Å². The first kappa shape index (κ1) is 13.8. The largest absolute Gasteiger partial charge is 0.481 e. The molecule has 1 heterocycles. The zero-order valence-electron chi connectivity index (χ0n) is 10.3. The third kappa shape index (κ3) is 3.23. The maximum absolute atomic E-state index is 12.2. The van der Waals surface area contributed by atoms with Crippen LogP contribution >= 0.6 is 11.6 Å². The van der Waals surface area contributed by atoms with Gasteiger partial charge < -0.3 is 10.4 Å². The van der Waals surface area contributed by atoms with Crippen molar-refractivity contribution < 1.29 is 14.7 Å². The van der Waals surface area contributed by atoms with Crippen LogP contribution in [0.1, 0.15) is 25.7 Å². The maximum Gasteiger partial charge on any atom is 0.307 e. The molecule has 1 fully saturated rings. The summed E-state index contributed by atoms with van der Waals surface area (Å²) in [6, 6.07) is 3.31. The molecule has 0 saturated heterocycles. The molecule has 1 aromatic heterocycles. The SMILES string of the molecule is O=C(O)[C@H]1CCCC[C@H]1C(=O)Nc1cccnc1Cl. The molecular weight excluding hydrogens is 268 g/mol. The molecule has 1 aliphatic carbocycles. The van der Waals surface area contributed by atoms with Gasteiger partial charge in [-0.2, -0.15) is 0 Å². The lowest BCUT2D eigenvalue weighted by molar-refractivity contribution is -0.147. The third-order valence-electron chi connectivity index (χ3n) is 3.44. The molecule has 0 radical (unpaired) electrons. The van der Waals surface area contributed by atoms with E-state index in [1.54, 1.807) is 12.1 Å². The van der Waals surface area contributed by atoms with Crippen molar-refractivity contribution >= 4 is 29.2 Å². The number of aliphatic carboxylic acids is 1. The monoisotopic (exact) mass is 282 g/mol. The van der Waals surface area contributed by atoms with Crippen molar-refractivity contribution in [3.63, 3.8) is 0 Å². The molecule has 0 aliphatic heterocycles. The van der Waals surface area contributed by atoms with Crippen LogP contribution in [0.4, 0.5) is 5.69 Å². The summed E-state index contributed by atoms with van der Waals surface area (Å²) < 4.78 is 0. The van der Waals surface area contributed by atoms with E-state index in [4.69, 9.17) is 16.7 Å². The Balaban J connectivity index is 2.10. The van der Waals surface area contributed by atoms with E-state index >= 15 is 0 Å². The molecule has 1 amide bonds. The molecule has 0 spiro atoms. The molecule has 5 nitrogen and oxygen atoms in total. The average molecular weight is 283 g/mol. The van der Waals surface area contributed by atoms with Gasteiger partial charge in [0.25, 0.3) is 0 Å². The number of anilines is 1. The lowest BCUT2D eigenvalue weighted by Gasteiger charge is -2.27. The predicted octanol–water partition coefficient (Wildman–Crippen LogP) is 2.56. The first-order chi connectivity index (χ1) is 9.09. The molecule has 6 heteroatoms. The van der Waals surface area contributed by atoms with Gasteiger partial charge in [0.1, 0.15) is 0 Å². The fourth-order valence-corrected chi connectivity index (χ4v) is 2.61. The highest BCUT2D eigenvalue weighted by molar-refractivity contribution is 6.32. The van der Waals surface area contributed by atoms with E-state index in [9.17, 15) is 9.59 Å². The quantitative estimate of drug-likeness (QED) is 0.835. The first-order valence-corrected chi connectivity index (χ1v) is 6.61. The van der Waals surface area contributed by atoms with E-state index in [2.05, 4.69) is 10.3 Å². The van der Waals surface area contributed by atoms with Gasteiger partial charge in [0.05, 0.1) is 17.5 Å². The predicted molar refractivity (Wildman–Crippen MR) is 71.0 cm³/mol. The van der Waals surface area contributed by atoms with Crippen molar-refractivity contribution in [2.45, 2.75) is 25.7 Å². The normalized spacial score (nSPS) is 22.8. The summed E-state index contributed by atoms with van der Waals surface area (Å²) in [5.41, 5.74) is 0.420. The third-order valence-corrected chi connectivity index (χ3v) is 3.74. The standard InChI is InChI=1S/C13H15ClN2O3/c14-11-10(6-3-7-15-11)16-12(17)8-4-1-2-5-9(8)13(18)19/h3,6-9H,1-2,4-5H2,(H,16,17)(H,18,19)/t8-,9+/m1/s1. The van der Waals surface area contributed by atoms with Crippen molar-refractivity contribution in [2.24, 2.45) is 11.8 Å². The van der Waals surface area contributed by atoms with Crippen LogP contribution in [0.25, 0.3) is 0 Å². The Morgan fingerprint density at radius 3 is 2.63 bits per heavy atom. The summed E-state index contributed by atoms with van der Waals surface area (Å²) in [5.74, 6) is -2.30. The number of pyridine rings is 1. The number of rotatable bonds is 3. The lowest BCUT2D eigenvalue weighted by Crippen LogP contribution is -2.36. The minimum absolute atomic E-state index is 0.207. The number of nitrogens with zero attached hydrogens (tertiary/aromatic N) is 1. The Labute approximate surface area is 116 Å². The molecule has 2 rings (SSSR count). The van der Waals surface area contributed by atoms with Crippen LogP contribution in [0.2, 0.25) is 5.15 Å². The molecule has 1 saturated carbocycles. The van der Waals surface area contributed by atoms with Gasteiger partial charge in [0.15, 0.2) is 5.15 Å². The molecule has 1 aliphatic rings. The number of nitrogens with one attached hydrogen (secondary N) is 1. The Kier molecular flexibility index (Phi) is 4.37. The number of aromatic nitrogens is 1. The molecule has 19 heavy (non-hydrogen) atoms. The topological polar surface area (TPSA) is 79.3 Å². The maximum atomic E-state index is 12.2. The number of carboxylic acids is 1. The highest BCUT2D eigenvalue weighted by Crippen LogP contribution is 2.31. The highest BCUT2D eigenvalue weighted by atomic mass is 35.5. The second-order valence-corrected chi connectivity index (χ2v) is 5.02. The van der Waals surface area contributed by atoms with Gasteiger partial charge in [-0.3, -0.25) is 9.59 Å². The first-order valence-electron chi connectivity index (χ1n) is 6.24. The summed E-state index contributed by atoms with van der Waals surface area (Å²) in [4.78, 5) is 27.2. The van der Waals surface area contributed by atoms with Crippen LogP contribution in [0.15, 0.2) is 18.3 Å². The van der Waals surface area contributed by atoms with E-state index in [1.807, 2.05) is 0 Å². The van der Waals surface area contributed by atoms with Crippen molar-refractivity contribution in [2.75, 3.05) is 5.32 Å². The van der Waals surface area contributed by atoms with Gasteiger partial charge in [-0.05, 0) is 25.0 Å². The summed E-state index contributed by atoms with van der Waals surface area (Å²) in [6.07, 6.45) is 4.41. The van der Waals surface area contributed by atoms with Gasteiger partial charge in [0, 0.05) is 6.20 Å². The molecule has 2 N–H and O–H groups in total. The van der Waals surface area contributed by atoms with Gasteiger partial charge in [-0.1, -0.05) is 24.4 Å². The number of carboxylic acid groups (broad SMARTS) is 1. The van der Waals surface area contributed by atoms with E-state index in [0.717, 1.165) is 12.8 Å². The van der Waals surface area contributed by atoms with Gasteiger partial charge >= 0.3 is 5.97 Å². The number of hydrogen-bond acceptors (Lipinski definition) is 3. The van der Waals surface area contributed by atoms with Crippen LogP contribution in [0.3, 0.4) is 0 Å². The average Bonchev–Trinajstić information content (AvgIpc) is 2.41. The second-order valence-electron chi connectivity index (χ2n) is 4.67. The van der Waals surface area contributed by atoms with E-state index < -0.39 is 17.8 Å². The molecule has 2 atom stereocenters. The number of halogens is 1. The number of hydrogen-bond donors (Lipinski definition) is 2. The summed E-state index contributed by atoms with van der Waals surface area (Å²) >= 11 is 5.86. The van der Waals surface area contributed by atoms with Crippen molar-refractivity contribution in [1.29, 1.82) is 0 Å². The fourth-order valence-electron chi connectivity index (χ4n) is 2.44. The minimum Gasteiger partial charge on any atom is -0.481 e. The zero-order valence-corrected chi connectivity index (χ0v) is 11.1. The summed E-state index contributed by atoms with van der Waals surface area (Å²) in [6.45, 7) is 0. The molecule has 0 aromatic carbocycles. The minimum atomic E-state index is -0.905. The summed E-state index contributed by atoms with van der Waals surface area (Å²) in [5, 5.41) is 12.0. The molecule has 1 aromatic rings. The van der Waals surface area contributed by atoms with E-state index in [1.165, 1.54) is 6.20 Å². The highest BCUT2D eigenvalue weighted by Gasteiger charge is 2.35. The van der Waals surface area contributed by atoms with Crippen LogP contribution < -0.4 is 5.32 Å². The Bertz CT molecular complexity index is 493. The smallest absolute Gasteiger partial charge is 0.307 e. The Morgan fingerprint density at radius 2 is 2.00 bits per heavy atom. The summed E-state index contributed by atoms with van der Waals surface area (Å²) in [7, 11) is 0. The zero-order chi connectivity index (χ0) is 13.8. The van der Waals surface area contributed by atoms with Crippen molar-refractivity contribution in [1.82, 2.24) is 4.98 Å². The number of amides is 1. The Morgan fingerprint density at radius 1 is 1.32 bits per heavy atom. The van der Waals surface area contributed by atoms with Crippen LogP contribution in [-0.2, 0) is 9.59 Å². The molecule has 0 bridgehead atoms. The van der Waals surface area contributed by atoms with Crippen LogP contribution in [0, 0.1) is 11.8 Å². The number of carbonyl (C=O) groups excluding carboxylic acids is 1. The van der Waals surface area contributed by atoms with Crippen molar-refractivity contribution in [3.8, 4) is 0 Å². The van der Waals surface area contributed by atoms with Gasteiger partial charge in [-0.15, -0.1) is 0 Å². The molecular formula is C13H15ClN2O3. The number of carbonyl (C=O) groups is 2. The lowest BCUT2D eigenvalue weighted by atomic mass is 9.78.